The fourth-order valence-electron chi connectivity index (χ4n) is 6.54. The number of aliphatic hydroxyl groups excluding tert-OH is 7. The first-order valence-corrected chi connectivity index (χ1v) is 20.7. The van der Waals surface area contributed by atoms with Crippen LogP contribution in [0.4, 0.5) is 0 Å². The van der Waals surface area contributed by atoms with Gasteiger partial charge in [0.05, 0.1) is 25.4 Å². The molecule has 1 aliphatic rings. The van der Waals surface area contributed by atoms with Gasteiger partial charge in [-0.1, -0.05) is 147 Å². The number of hydrogen-bond acceptors (Lipinski definition) is 10. The van der Waals surface area contributed by atoms with Gasteiger partial charge in [0, 0.05) is 0 Å². The van der Waals surface area contributed by atoms with Crippen molar-refractivity contribution in [2.24, 2.45) is 0 Å². The molecule has 52 heavy (non-hydrogen) atoms. The van der Waals surface area contributed by atoms with Crippen molar-refractivity contribution in [1.82, 2.24) is 5.32 Å². The van der Waals surface area contributed by atoms with Crippen LogP contribution in [0.5, 0.6) is 0 Å². The van der Waals surface area contributed by atoms with Crippen molar-refractivity contribution in [3.63, 3.8) is 0 Å². The average molecular weight is 744 g/mol. The average Bonchev–Trinajstić information content (AvgIpc) is 3.14. The van der Waals surface area contributed by atoms with Gasteiger partial charge in [0.25, 0.3) is 0 Å². The molecule has 306 valence electrons. The number of unbranched alkanes of at least 4 members (excludes halogenated alkanes) is 17. The third kappa shape index (κ3) is 22.1. The Morgan fingerprint density at radius 2 is 1.23 bits per heavy atom. The Hall–Kier alpha value is -1.41. The fourth-order valence-corrected chi connectivity index (χ4v) is 6.54. The molecule has 1 amide bonds. The number of carbonyl (C=O) groups is 1. The van der Waals surface area contributed by atoms with Crippen LogP contribution in [-0.4, -0.2) is 110 Å². The number of ether oxygens (including phenoxy) is 2. The highest BCUT2D eigenvalue weighted by Crippen LogP contribution is 2.23. The lowest BCUT2D eigenvalue weighted by Crippen LogP contribution is -2.60. The van der Waals surface area contributed by atoms with Crippen LogP contribution in [0.25, 0.3) is 0 Å². The minimum Gasteiger partial charge on any atom is -0.394 e. The van der Waals surface area contributed by atoms with Crippen molar-refractivity contribution in [2.75, 3.05) is 13.2 Å². The molecule has 1 saturated heterocycles. The Morgan fingerprint density at radius 3 is 1.81 bits per heavy atom. The number of rotatable bonds is 33. The summed E-state index contributed by atoms with van der Waals surface area (Å²) in [6.07, 6.45) is 21.5. The monoisotopic (exact) mass is 744 g/mol. The predicted molar refractivity (Wildman–Crippen MR) is 205 cm³/mol. The van der Waals surface area contributed by atoms with Gasteiger partial charge < -0.3 is 50.5 Å². The normalized spacial score (nSPS) is 23.3. The van der Waals surface area contributed by atoms with E-state index < -0.39 is 74.2 Å². The molecule has 1 rings (SSSR count). The second kappa shape index (κ2) is 31.9. The zero-order valence-corrected chi connectivity index (χ0v) is 32.5. The maximum atomic E-state index is 13.0. The molecule has 0 aromatic rings. The molecule has 9 atom stereocenters. The van der Waals surface area contributed by atoms with E-state index in [9.17, 15) is 40.5 Å². The van der Waals surface area contributed by atoms with Crippen molar-refractivity contribution in [3.8, 4) is 0 Å². The van der Waals surface area contributed by atoms with Crippen LogP contribution in [0.1, 0.15) is 162 Å². The topological polar surface area (TPSA) is 189 Å². The van der Waals surface area contributed by atoms with E-state index in [0.717, 1.165) is 57.8 Å². The minimum atomic E-state index is -1.66. The van der Waals surface area contributed by atoms with E-state index in [0.29, 0.717) is 19.3 Å². The quantitative estimate of drug-likeness (QED) is 0.0315. The fraction of sp³-hybridized carbons (Fsp3) is 0.878. The van der Waals surface area contributed by atoms with Crippen LogP contribution < -0.4 is 5.32 Å². The summed E-state index contributed by atoms with van der Waals surface area (Å²) in [6.45, 7) is 3.21. The smallest absolute Gasteiger partial charge is 0.249 e. The van der Waals surface area contributed by atoms with Crippen LogP contribution in [0.15, 0.2) is 24.3 Å². The van der Waals surface area contributed by atoms with E-state index in [1.807, 2.05) is 0 Å². The van der Waals surface area contributed by atoms with Crippen molar-refractivity contribution < 1.29 is 50.0 Å². The van der Waals surface area contributed by atoms with E-state index in [1.54, 1.807) is 0 Å². The summed E-state index contributed by atoms with van der Waals surface area (Å²) in [4.78, 5) is 13.0. The third-order valence-electron chi connectivity index (χ3n) is 10.0. The number of carbonyl (C=O) groups excluding carboxylic acids is 1. The van der Waals surface area contributed by atoms with Gasteiger partial charge in [-0.3, -0.25) is 4.79 Å². The van der Waals surface area contributed by atoms with Gasteiger partial charge in [-0.05, 0) is 38.5 Å². The van der Waals surface area contributed by atoms with Crippen molar-refractivity contribution >= 4 is 5.91 Å². The number of hydrogen-bond donors (Lipinski definition) is 8. The van der Waals surface area contributed by atoms with Gasteiger partial charge in [0.15, 0.2) is 6.29 Å². The Morgan fingerprint density at radius 1 is 0.692 bits per heavy atom. The lowest BCUT2D eigenvalue weighted by Gasteiger charge is -2.40. The van der Waals surface area contributed by atoms with Crippen molar-refractivity contribution in [2.45, 2.75) is 217 Å². The van der Waals surface area contributed by atoms with Gasteiger partial charge in [-0.15, -0.1) is 0 Å². The Balaban J connectivity index is 2.34. The highest BCUT2D eigenvalue weighted by atomic mass is 16.7. The lowest BCUT2D eigenvalue weighted by atomic mass is 9.98. The first kappa shape index (κ1) is 48.6. The van der Waals surface area contributed by atoms with Gasteiger partial charge >= 0.3 is 0 Å². The van der Waals surface area contributed by atoms with E-state index in [1.165, 1.54) is 64.2 Å². The van der Waals surface area contributed by atoms with E-state index in [4.69, 9.17) is 9.47 Å². The van der Waals surface area contributed by atoms with Gasteiger partial charge in [-0.25, -0.2) is 0 Å². The third-order valence-corrected chi connectivity index (χ3v) is 10.0. The molecule has 0 spiro atoms. The number of nitrogens with one attached hydrogen (secondary N) is 1. The van der Waals surface area contributed by atoms with Gasteiger partial charge in [-0.2, -0.15) is 0 Å². The summed E-state index contributed by atoms with van der Waals surface area (Å²) in [5.41, 5.74) is 0. The maximum Gasteiger partial charge on any atom is 0.249 e. The summed E-state index contributed by atoms with van der Waals surface area (Å²) in [5.74, 6) is -0.705. The molecule has 0 saturated carbocycles. The Kier molecular flexibility index (Phi) is 29.8. The second-order valence-corrected chi connectivity index (χ2v) is 14.7. The zero-order valence-electron chi connectivity index (χ0n) is 32.5. The molecule has 9 unspecified atom stereocenters. The highest BCUT2D eigenvalue weighted by molar-refractivity contribution is 5.80. The maximum absolute atomic E-state index is 13.0. The van der Waals surface area contributed by atoms with E-state index >= 15 is 0 Å². The summed E-state index contributed by atoms with van der Waals surface area (Å²) < 4.78 is 11.0. The van der Waals surface area contributed by atoms with Crippen LogP contribution in [-0.2, 0) is 14.3 Å². The zero-order chi connectivity index (χ0) is 38.4. The summed E-state index contributed by atoms with van der Waals surface area (Å²) in [6, 6.07) is -1.16. The molecule has 11 heteroatoms. The first-order valence-electron chi connectivity index (χ1n) is 20.7. The Bertz CT molecular complexity index is 903. The molecule has 0 radical (unpaired) electrons. The van der Waals surface area contributed by atoms with Crippen LogP contribution in [0, 0.1) is 0 Å². The summed E-state index contributed by atoms with van der Waals surface area (Å²) in [5, 5.41) is 74.9. The SMILES string of the molecule is CC/C=C\C/C=C\CCCCCCCCCCCCCCCC(O)C(=O)NC(COC1OC(CO)C(O)C(O)C1O)C(O)C(O)CCCCCCC. The molecule has 11 nitrogen and oxygen atoms in total. The minimum absolute atomic E-state index is 0.259. The van der Waals surface area contributed by atoms with E-state index in [2.05, 4.69) is 43.5 Å². The molecule has 8 N–H and O–H groups in total. The van der Waals surface area contributed by atoms with Crippen LogP contribution in [0.2, 0.25) is 0 Å². The molecule has 1 aliphatic heterocycles. The molecule has 0 bridgehead atoms. The van der Waals surface area contributed by atoms with Gasteiger partial charge in [0.2, 0.25) is 5.91 Å². The van der Waals surface area contributed by atoms with E-state index in [-0.39, 0.29) is 6.42 Å². The molecule has 1 fully saturated rings. The lowest BCUT2D eigenvalue weighted by molar-refractivity contribution is -0.303. The van der Waals surface area contributed by atoms with Crippen LogP contribution in [0.3, 0.4) is 0 Å². The van der Waals surface area contributed by atoms with Crippen LogP contribution >= 0.6 is 0 Å². The highest BCUT2D eigenvalue weighted by Gasteiger charge is 2.44. The number of allylic oxidation sites excluding steroid dienone is 4. The largest absolute Gasteiger partial charge is 0.394 e. The molecule has 0 aliphatic carbocycles. The van der Waals surface area contributed by atoms with Gasteiger partial charge in [0.1, 0.15) is 36.6 Å². The summed E-state index contributed by atoms with van der Waals surface area (Å²) >= 11 is 0. The summed E-state index contributed by atoms with van der Waals surface area (Å²) in [7, 11) is 0. The number of amides is 1. The Labute approximate surface area is 314 Å². The van der Waals surface area contributed by atoms with Crippen molar-refractivity contribution in [3.05, 3.63) is 24.3 Å². The predicted octanol–water partition coefficient (Wildman–Crippen LogP) is 5.49. The molecule has 1 heterocycles. The molecular formula is C41H77NO10. The standard InChI is InChI=1S/C41H77NO10/c1-3-5-7-9-10-11-12-13-14-15-16-17-18-19-20-21-22-23-25-27-29-34(45)40(50)42-32(36(46)33(44)28-26-24-8-6-4-2)31-51-41-39(49)38(48)37(47)35(30-43)52-41/h5,7,10-11,32-39,41,43-49H,3-4,6,8-9,12-31H2,1-2H3,(H,42,50)/b7-5-,11-10-. The first-order chi connectivity index (χ1) is 25.2. The molecule has 0 aromatic carbocycles. The van der Waals surface area contributed by atoms with Crippen molar-refractivity contribution in [1.29, 1.82) is 0 Å². The molecular weight excluding hydrogens is 666 g/mol. The second-order valence-electron chi connectivity index (χ2n) is 14.7. The number of aliphatic hydroxyl groups is 7. The molecule has 0 aromatic heterocycles.